The lowest BCUT2D eigenvalue weighted by atomic mass is 10.1. The monoisotopic (exact) mass is 564 g/mol. The van der Waals surface area contributed by atoms with Crippen molar-refractivity contribution in [2.24, 2.45) is 0 Å². The first-order valence-electron chi connectivity index (χ1n) is 14.6. The van der Waals surface area contributed by atoms with Crippen molar-refractivity contribution in [3.63, 3.8) is 0 Å². The SMILES string of the molecule is c1ccc(-c2nc(-c3ccccc3)nc(-n3c4ccccc4c4ccc5c6cnccc6n(-c6ccccc6)c5c43)n2)cc1. The largest absolute Gasteiger partial charge is 0.307 e. The summed E-state index contributed by atoms with van der Waals surface area (Å²) in [5.41, 5.74) is 7.18. The molecule has 0 atom stereocenters. The number of rotatable bonds is 4. The predicted molar refractivity (Wildman–Crippen MR) is 177 cm³/mol. The maximum Gasteiger partial charge on any atom is 0.238 e. The van der Waals surface area contributed by atoms with E-state index < -0.39 is 0 Å². The van der Waals surface area contributed by atoms with E-state index >= 15 is 0 Å². The summed E-state index contributed by atoms with van der Waals surface area (Å²) in [6, 6.07) is 45.7. The molecule has 0 aliphatic carbocycles. The fourth-order valence-electron chi connectivity index (χ4n) is 6.34. The van der Waals surface area contributed by atoms with E-state index in [0.29, 0.717) is 17.6 Å². The van der Waals surface area contributed by atoms with Crippen molar-refractivity contribution < 1.29 is 0 Å². The van der Waals surface area contributed by atoms with E-state index in [9.17, 15) is 0 Å². The molecule has 206 valence electrons. The van der Waals surface area contributed by atoms with E-state index in [2.05, 4.69) is 80.8 Å². The second kappa shape index (κ2) is 9.71. The van der Waals surface area contributed by atoms with Gasteiger partial charge in [0.2, 0.25) is 5.95 Å². The first-order valence-corrected chi connectivity index (χ1v) is 14.6. The molecule has 0 N–H and O–H groups in total. The highest BCUT2D eigenvalue weighted by molar-refractivity contribution is 6.23. The second-order valence-corrected chi connectivity index (χ2v) is 10.8. The smallest absolute Gasteiger partial charge is 0.238 e. The number of para-hydroxylation sites is 2. The zero-order valence-electron chi connectivity index (χ0n) is 23.5. The Morgan fingerprint density at radius 3 is 1.64 bits per heavy atom. The van der Waals surface area contributed by atoms with Gasteiger partial charge in [0, 0.05) is 50.8 Å². The minimum Gasteiger partial charge on any atom is -0.307 e. The van der Waals surface area contributed by atoms with Crippen LogP contribution in [-0.4, -0.2) is 29.1 Å². The molecular weight excluding hydrogens is 540 g/mol. The molecular formula is C38H24N6. The van der Waals surface area contributed by atoms with E-state index in [-0.39, 0.29) is 0 Å². The van der Waals surface area contributed by atoms with E-state index in [4.69, 9.17) is 15.0 Å². The van der Waals surface area contributed by atoms with Gasteiger partial charge < -0.3 is 4.57 Å². The van der Waals surface area contributed by atoms with Gasteiger partial charge in [0.25, 0.3) is 0 Å². The maximum atomic E-state index is 5.15. The zero-order chi connectivity index (χ0) is 29.0. The molecule has 0 saturated carbocycles. The van der Waals surface area contributed by atoms with Crippen LogP contribution in [0.2, 0.25) is 0 Å². The highest BCUT2D eigenvalue weighted by atomic mass is 15.2. The summed E-state index contributed by atoms with van der Waals surface area (Å²) >= 11 is 0. The van der Waals surface area contributed by atoms with Crippen LogP contribution in [0.1, 0.15) is 0 Å². The van der Waals surface area contributed by atoms with E-state index in [0.717, 1.165) is 60.4 Å². The van der Waals surface area contributed by atoms with E-state index in [1.54, 1.807) is 0 Å². The van der Waals surface area contributed by atoms with Crippen molar-refractivity contribution in [2.75, 3.05) is 0 Å². The van der Waals surface area contributed by atoms with Gasteiger partial charge >= 0.3 is 0 Å². The topological polar surface area (TPSA) is 61.4 Å². The molecule has 5 aromatic carbocycles. The van der Waals surface area contributed by atoms with Gasteiger partial charge in [-0.1, -0.05) is 109 Å². The second-order valence-electron chi connectivity index (χ2n) is 10.8. The Bertz CT molecular complexity index is 2420. The minimum absolute atomic E-state index is 0.569. The molecule has 9 aromatic rings. The van der Waals surface area contributed by atoms with Crippen LogP contribution in [0.25, 0.3) is 78.0 Å². The lowest BCUT2D eigenvalue weighted by molar-refractivity contribution is 0.953. The van der Waals surface area contributed by atoms with Crippen LogP contribution in [0.3, 0.4) is 0 Å². The number of nitrogens with zero attached hydrogens (tertiary/aromatic N) is 6. The van der Waals surface area contributed by atoms with Crippen LogP contribution in [0, 0.1) is 0 Å². The van der Waals surface area contributed by atoms with Crippen molar-refractivity contribution in [1.82, 2.24) is 29.1 Å². The number of aromatic nitrogens is 6. The molecule has 4 aromatic heterocycles. The number of hydrogen-bond acceptors (Lipinski definition) is 4. The third kappa shape index (κ3) is 3.68. The Hall–Kier alpha value is -6.14. The summed E-state index contributed by atoms with van der Waals surface area (Å²) in [4.78, 5) is 19.8. The van der Waals surface area contributed by atoms with Crippen LogP contribution < -0.4 is 0 Å². The predicted octanol–water partition coefficient (Wildman–Crippen LogP) is 8.79. The molecule has 6 heteroatoms. The van der Waals surface area contributed by atoms with Crippen LogP contribution in [-0.2, 0) is 0 Å². The third-order valence-electron chi connectivity index (χ3n) is 8.26. The van der Waals surface area contributed by atoms with Crippen molar-refractivity contribution in [1.29, 1.82) is 0 Å². The molecule has 0 bridgehead atoms. The van der Waals surface area contributed by atoms with Crippen molar-refractivity contribution >= 4 is 43.6 Å². The first-order chi connectivity index (χ1) is 21.8. The summed E-state index contributed by atoms with van der Waals surface area (Å²) in [6.07, 6.45) is 3.82. The van der Waals surface area contributed by atoms with Gasteiger partial charge in [-0.2, -0.15) is 9.97 Å². The molecule has 44 heavy (non-hydrogen) atoms. The van der Waals surface area contributed by atoms with Gasteiger partial charge in [0.05, 0.1) is 22.1 Å². The maximum absolute atomic E-state index is 5.15. The molecule has 0 spiro atoms. The summed E-state index contributed by atoms with van der Waals surface area (Å²) in [5.74, 6) is 1.82. The lowest BCUT2D eigenvalue weighted by Gasteiger charge is -2.13. The van der Waals surface area contributed by atoms with Gasteiger partial charge in [0.1, 0.15) is 0 Å². The van der Waals surface area contributed by atoms with Crippen molar-refractivity contribution in [3.8, 4) is 34.4 Å². The Labute approximate surface area is 252 Å². The molecule has 0 unspecified atom stereocenters. The highest BCUT2D eigenvalue weighted by Gasteiger charge is 2.23. The molecule has 9 rings (SSSR count). The Morgan fingerprint density at radius 2 is 0.955 bits per heavy atom. The minimum atomic E-state index is 0.569. The first kappa shape index (κ1) is 24.5. The molecule has 6 nitrogen and oxygen atoms in total. The average molecular weight is 565 g/mol. The molecule has 0 aliphatic rings. The van der Waals surface area contributed by atoms with Crippen LogP contribution in [0.4, 0.5) is 0 Å². The van der Waals surface area contributed by atoms with Crippen molar-refractivity contribution in [3.05, 3.63) is 146 Å². The van der Waals surface area contributed by atoms with E-state index in [1.807, 2.05) is 79.1 Å². The standard InChI is InChI=1S/C38H24N6/c1-4-12-25(13-5-1)36-40-37(26-14-6-2-7-15-26)42-38(41-36)44-32-19-11-10-18-28(32)29-20-21-30-31-24-39-23-22-33(31)43(34(30)35(29)44)27-16-8-3-9-17-27/h1-24H. The molecule has 0 aliphatic heterocycles. The number of hydrogen-bond donors (Lipinski definition) is 0. The van der Waals surface area contributed by atoms with Crippen molar-refractivity contribution in [2.45, 2.75) is 0 Å². The zero-order valence-corrected chi connectivity index (χ0v) is 23.5. The van der Waals surface area contributed by atoms with Gasteiger partial charge in [0.15, 0.2) is 11.6 Å². The van der Waals surface area contributed by atoms with Gasteiger partial charge in [-0.15, -0.1) is 0 Å². The van der Waals surface area contributed by atoms with Gasteiger partial charge in [-0.25, -0.2) is 4.98 Å². The summed E-state index contributed by atoms with van der Waals surface area (Å²) in [7, 11) is 0. The normalized spacial score (nSPS) is 11.6. The average Bonchev–Trinajstić information content (AvgIpc) is 3.62. The van der Waals surface area contributed by atoms with Crippen LogP contribution in [0.5, 0.6) is 0 Å². The van der Waals surface area contributed by atoms with Gasteiger partial charge in [-0.3, -0.25) is 9.55 Å². The van der Waals surface area contributed by atoms with Gasteiger partial charge in [-0.05, 0) is 24.3 Å². The quantitative estimate of drug-likeness (QED) is 0.214. The summed E-state index contributed by atoms with van der Waals surface area (Å²) < 4.78 is 4.54. The van der Waals surface area contributed by atoms with Crippen LogP contribution in [0.15, 0.2) is 146 Å². The molecule has 0 saturated heterocycles. The number of pyridine rings is 1. The molecule has 0 radical (unpaired) electrons. The fraction of sp³-hybridized carbons (Fsp3) is 0. The number of benzene rings is 5. The Balaban J connectivity index is 1.48. The third-order valence-corrected chi connectivity index (χ3v) is 8.26. The highest BCUT2D eigenvalue weighted by Crippen LogP contribution is 2.41. The molecule has 0 amide bonds. The number of fused-ring (bicyclic) bond motifs is 7. The van der Waals surface area contributed by atoms with Crippen LogP contribution >= 0.6 is 0 Å². The fourth-order valence-corrected chi connectivity index (χ4v) is 6.34. The Kier molecular flexibility index (Phi) is 5.40. The lowest BCUT2D eigenvalue weighted by Crippen LogP contribution is -2.07. The Morgan fingerprint density at radius 1 is 0.409 bits per heavy atom. The molecule has 4 heterocycles. The molecule has 0 fully saturated rings. The summed E-state index contributed by atoms with van der Waals surface area (Å²) in [6.45, 7) is 0. The summed E-state index contributed by atoms with van der Waals surface area (Å²) in [5, 5.41) is 4.48. The van der Waals surface area contributed by atoms with E-state index in [1.165, 1.54) is 0 Å².